The predicted molar refractivity (Wildman–Crippen MR) is 257 cm³/mol. The Morgan fingerprint density at radius 2 is 0.516 bits per heavy atom. The Morgan fingerprint density at radius 1 is 0.297 bits per heavy atom. The minimum Gasteiger partial charge on any atom is -0.453 e. The molecular formula is C58H32Cl2N2O2. The van der Waals surface area contributed by atoms with E-state index in [1.54, 1.807) is 0 Å². The summed E-state index contributed by atoms with van der Waals surface area (Å²) in [6.07, 6.45) is 0. The van der Waals surface area contributed by atoms with Crippen LogP contribution in [0.5, 0.6) is 0 Å². The van der Waals surface area contributed by atoms with E-state index in [4.69, 9.17) is 42.7 Å². The minimum atomic E-state index is -1.15. The van der Waals surface area contributed by atoms with Crippen LogP contribution < -0.4 is 0 Å². The molecule has 0 aromatic heterocycles. The van der Waals surface area contributed by atoms with Crippen molar-refractivity contribution in [1.82, 2.24) is 0 Å². The quantitative estimate of drug-likeness (QED) is 0.174. The maximum absolute atomic E-state index is 7.66. The van der Waals surface area contributed by atoms with Crippen LogP contribution in [0.4, 0.5) is 0 Å². The van der Waals surface area contributed by atoms with Gasteiger partial charge in [-0.1, -0.05) is 217 Å². The van der Waals surface area contributed by atoms with E-state index < -0.39 is 11.2 Å². The van der Waals surface area contributed by atoms with Crippen molar-refractivity contribution >= 4 is 46.1 Å². The first-order chi connectivity index (χ1) is 31.6. The molecule has 6 aliphatic rings. The van der Waals surface area contributed by atoms with Gasteiger partial charge in [-0.15, -0.1) is 0 Å². The second kappa shape index (κ2) is 13.0. The van der Waals surface area contributed by atoms with E-state index in [0.717, 1.165) is 112 Å². The molecule has 4 nitrogen and oxygen atoms in total. The fourth-order valence-corrected chi connectivity index (χ4v) is 11.6. The van der Waals surface area contributed by atoms with Crippen molar-refractivity contribution in [3.05, 3.63) is 260 Å². The van der Waals surface area contributed by atoms with Gasteiger partial charge >= 0.3 is 0 Å². The number of hydrogen-bond donors (Lipinski definition) is 0. The van der Waals surface area contributed by atoms with Crippen LogP contribution in [0.1, 0.15) is 44.5 Å². The van der Waals surface area contributed by atoms with Crippen molar-refractivity contribution in [3.8, 4) is 44.5 Å². The number of aliphatic imine (C=N–C) groups is 2. The van der Waals surface area contributed by atoms with E-state index in [2.05, 4.69) is 194 Å². The number of fused-ring (bicyclic) bond motifs is 16. The largest absolute Gasteiger partial charge is 0.453 e. The van der Waals surface area contributed by atoms with Crippen LogP contribution in [-0.4, -0.2) is 11.8 Å². The van der Waals surface area contributed by atoms with E-state index >= 15 is 0 Å². The highest BCUT2D eigenvalue weighted by molar-refractivity contribution is 6.54. The fourth-order valence-electron chi connectivity index (χ4n) is 11.3. The third-order valence-corrected chi connectivity index (χ3v) is 14.6. The zero-order chi connectivity index (χ0) is 42.3. The highest BCUT2D eigenvalue weighted by Crippen LogP contribution is 2.63. The lowest BCUT2D eigenvalue weighted by Gasteiger charge is -2.29. The Balaban J connectivity index is 1.03. The van der Waals surface area contributed by atoms with Crippen LogP contribution in [0.25, 0.3) is 55.7 Å². The zero-order valence-electron chi connectivity index (χ0n) is 33.9. The maximum atomic E-state index is 7.66. The first-order valence-corrected chi connectivity index (χ1v) is 22.2. The van der Waals surface area contributed by atoms with Crippen molar-refractivity contribution in [3.63, 3.8) is 0 Å². The molecule has 6 heteroatoms. The molecule has 0 atom stereocenters. The van der Waals surface area contributed by atoms with Gasteiger partial charge in [0.05, 0.1) is 0 Å². The van der Waals surface area contributed by atoms with Gasteiger partial charge in [0.15, 0.2) is 0 Å². The van der Waals surface area contributed by atoms with Crippen LogP contribution >= 0.6 is 23.2 Å². The van der Waals surface area contributed by atoms with Crippen molar-refractivity contribution in [2.24, 2.45) is 9.98 Å². The zero-order valence-corrected chi connectivity index (χ0v) is 35.5. The first-order valence-electron chi connectivity index (χ1n) is 21.5. The number of nitrogens with zero attached hydrogens (tertiary/aromatic N) is 2. The lowest BCUT2D eigenvalue weighted by Crippen LogP contribution is -2.30. The summed E-state index contributed by atoms with van der Waals surface area (Å²) in [7, 11) is 0. The average molecular weight is 860 g/mol. The Bertz CT molecular complexity index is 3190. The van der Waals surface area contributed by atoms with Gasteiger partial charge < -0.3 is 9.47 Å². The molecule has 2 spiro atoms. The first kappa shape index (κ1) is 36.0. The minimum absolute atomic E-state index is 0.102. The maximum Gasteiger partial charge on any atom is 0.236 e. The lowest BCUT2D eigenvalue weighted by molar-refractivity contribution is 0.161. The Morgan fingerprint density at radius 3 is 0.781 bits per heavy atom. The Hall–Kier alpha value is -7.50. The normalized spacial score (nSPS) is 17.1. The smallest absolute Gasteiger partial charge is 0.236 e. The summed E-state index contributed by atoms with van der Waals surface area (Å²) in [6.45, 7) is 0. The molecule has 0 fully saturated rings. The van der Waals surface area contributed by atoms with Crippen LogP contribution in [0, 0.1) is 0 Å². The molecule has 64 heavy (non-hydrogen) atoms. The summed E-state index contributed by atoms with van der Waals surface area (Å²) < 4.78 is 14.8. The van der Waals surface area contributed by atoms with Gasteiger partial charge in [-0.2, -0.15) is 0 Å². The van der Waals surface area contributed by atoms with Gasteiger partial charge in [-0.3, -0.25) is 0 Å². The van der Waals surface area contributed by atoms with Crippen molar-refractivity contribution in [2.45, 2.75) is 11.2 Å². The van der Waals surface area contributed by atoms with E-state index in [9.17, 15) is 0 Å². The third-order valence-electron chi connectivity index (χ3n) is 13.8. The Labute approximate surface area is 379 Å². The van der Waals surface area contributed by atoms with Gasteiger partial charge in [0.1, 0.15) is 21.5 Å². The van der Waals surface area contributed by atoms with E-state index in [0.29, 0.717) is 0 Å². The lowest BCUT2D eigenvalue weighted by atomic mass is 9.84. The van der Waals surface area contributed by atoms with Gasteiger partial charge in [-0.25, -0.2) is 9.98 Å². The van der Waals surface area contributed by atoms with E-state index in [-0.39, 0.29) is 21.9 Å². The molecule has 0 saturated heterocycles. The molecule has 0 amide bonds. The van der Waals surface area contributed by atoms with Crippen LogP contribution in [0.2, 0.25) is 0 Å². The van der Waals surface area contributed by atoms with Crippen LogP contribution in [0.15, 0.2) is 226 Å². The topological polar surface area (TPSA) is 43.2 Å². The molecule has 2 aliphatic heterocycles. The Kier molecular flexibility index (Phi) is 7.33. The number of hydrogen-bond acceptors (Lipinski definition) is 4. The third kappa shape index (κ3) is 4.48. The number of benzene rings is 8. The summed E-state index contributed by atoms with van der Waals surface area (Å²) in [5.41, 5.74) is 18.3. The second-order valence-electron chi connectivity index (χ2n) is 16.8. The number of ether oxygens (including phenoxy) is 2. The van der Waals surface area contributed by atoms with Gasteiger partial charge in [0.2, 0.25) is 23.0 Å². The second-order valence-corrected chi connectivity index (χ2v) is 17.6. The molecule has 0 N–H and O–H groups in total. The average Bonchev–Trinajstić information content (AvgIpc) is 4.20. The molecular weight excluding hydrogens is 828 g/mol. The van der Waals surface area contributed by atoms with Gasteiger partial charge in [0, 0.05) is 33.4 Å². The SMILES string of the molecule is ClC(C1=NC(=C2c3ccccc3-c3ccccc32)C2(O1)c1ccccc1-c1ccccc12)=C(Cl)C1=NC(=C2c3ccccc3-c3ccccc32)C2(O1)c1ccccc1-c1ccccc12. The molecule has 0 radical (unpaired) electrons. The molecule has 8 aromatic rings. The molecule has 4 aliphatic carbocycles. The van der Waals surface area contributed by atoms with Crippen molar-refractivity contribution in [1.29, 1.82) is 0 Å². The molecule has 0 bridgehead atoms. The fraction of sp³-hybridized carbons (Fsp3) is 0.0345. The molecule has 300 valence electrons. The number of halogens is 2. The molecule has 14 rings (SSSR count). The monoisotopic (exact) mass is 858 g/mol. The predicted octanol–water partition coefficient (Wildman–Crippen LogP) is 14.3. The van der Waals surface area contributed by atoms with Crippen molar-refractivity contribution < 1.29 is 9.47 Å². The molecule has 0 saturated carbocycles. The van der Waals surface area contributed by atoms with Crippen molar-refractivity contribution in [2.75, 3.05) is 0 Å². The highest BCUT2D eigenvalue weighted by Gasteiger charge is 2.57. The standard InChI is InChI=1S/C58H32Cl2N2O2/c59-51(55-61-53(49-41-25-5-1-17-33(41)34-18-2-6-26-42(34)49)57(63-55)45-29-13-9-21-37(45)38-22-10-14-30-46(38)57)52(60)56-62-54(50-43-27-7-3-19-35(43)36-20-4-8-28-44(36)50)58(64-56)47-31-15-11-23-39(47)40-24-12-16-32-48(40)58/h1-32H. The van der Waals surface area contributed by atoms with Crippen LogP contribution in [-0.2, 0) is 20.7 Å². The van der Waals surface area contributed by atoms with E-state index in [1.165, 1.54) is 0 Å². The summed E-state index contributed by atoms with van der Waals surface area (Å²) >= 11 is 15.3. The molecule has 2 heterocycles. The summed E-state index contributed by atoms with van der Waals surface area (Å²) in [5, 5.41) is 0.204. The molecule has 0 unspecified atom stereocenters. The summed E-state index contributed by atoms with van der Waals surface area (Å²) in [5.74, 6) is 0.375. The summed E-state index contributed by atoms with van der Waals surface area (Å²) in [6, 6.07) is 67.7. The molecule has 8 aromatic carbocycles. The van der Waals surface area contributed by atoms with Crippen LogP contribution in [0.3, 0.4) is 0 Å². The van der Waals surface area contributed by atoms with Gasteiger partial charge in [-0.05, 0) is 66.8 Å². The highest BCUT2D eigenvalue weighted by atomic mass is 35.5. The van der Waals surface area contributed by atoms with E-state index in [1.807, 2.05) is 0 Å². The number of rotatable bonds is 2. The summed E-state index contributed by atoms with van der Waals surface area (Å²) in [4.78, 5) is 11.0. The van der Waals surface area contributed by atoms with Gasteiger partial charge in [0.25, 0.3) is 0 Å².